The van der Waals surface area contributed by atoms with Crippen molar-refractivity contribution in [2.45, 2.75) is 121 Å². The highest BCUT2D eigenvalue weighted by atomic mass is 16.5. The van der Waals surface area contributed by atoms with Crippen molar-refractivity contribution in [1.29, 1.82) is 0 Å². The fraction of sp³-hybridized carbons (Fsp3) is 1.00. The lowest BCUT2D eigenvalue weighted by atomic mass is 9.73. The summed E-state index contributed by atoms with van der Waals surface area (Å²) in [4.78, 5) is 11.2. The number of likely N-dealkylation sites (tertiary alicyclic amines) is 3. The number of ether oxygens (including phenoxy) is 1. The lowest BCUT2D eigenvalue weighted by Gasteiger charge is -2.63. The van der Waals surface area contributed by atoms with Crippen molar-refractivity contribution in [3.63, 3.8) is 0 Å². The van der Waals surface area contributed by atoms with Gasteiger partial charge in [0.15, 0.2) is 0 Å². The van der Waals surface area contributed by atoms with E-state index in [4.69, 9.17) is 4.74 Å². The topological polar surface area (TPSA) is 46.3 Å². The second-order valence-electron chi connectivity index (χ2n) is 15.5. The van der Waals surface area contributed by atoms with Crippen LogP contribution in [0, 0.1) is 11.8 Å². The molecule has 7 heteroatoms. The van der Waals surface area contributed by atoms with Gasteiger partial charge in [-0.15, -0.1) is 0 Å². The van der Waals surface area contributed by atoms with Gasteiger partial charge < -0.3 is 15.4 Å². The molecular formula is C30H56N6O. The van der Waals surface area contributed by atoms with Crippen LogP contribution < -0.4 is 10.6 Å². The summed E-state index contributed by atoms with van der Waals surface area (Å²) in [6, 6.07) is 2.02. The lowest BCUT2D eigenvalue weighted by Crippen LogP contribution is -2.76. The van der Waals surface area contributed by atoms with Crippen LogP contribution in [0.25, 0.3) is 0 Å². The van der Waals surface area contributed by atoms with Crippen molar-refractivity contribution in [2.75, 3.05) is 59.0 Å². The third kappa shape index (κ3) is 4.83. The van der Waals surface area contributed by atoms with Gasteiger partial charge in [0.05, 0.1) is 24.9 Å². The minimum atomic E-state index is 0.213. The molecule has 7 unspecified atom stereocenters. The first-order valence-corrected chi connectivity index (χ1v) is 15.6. The summed E-state index contributed by atoms with van der Waals surface area (Å²) in [6.07, 6.45) is 6.11. The van der Waals surface area contributed by atoms with Crippen LogP contribution in [0.3, 0.4) is 0 Å². The van der Waals surface area contributed by atoms with Crippen LogP contribution >= 0.6 is 0 Å². The van der Waals surface area contributed by atoms with Gasteiger partial charge in [-0.05, 0) is 93.2 Å². The van der Waals surface area contributed by atoms with E-state index in [0.717, 1.165) is 56.7 Å². The minimum absolute atomic E-state index is 0.213. The van der Waals surface area contributed by atoms with E-state index in [1.165, 1.54) is 51.9 Å². The molecule has 7 atom stereocenters. The molecular weight excluding hydrogens is 460 g/mol. The first-order valence-electron chi connectivity index (χ1n) is 15.6. The van der Waals surface area contributed by atoms with Crippen molar-refractivity contribution in [3.8, 4) is 0 Å². The second-order valence-corrected chi connectivity index (χ2v) is 15.5. The normalized spacial score (nSPS) is 40.5. The molecule has 6 rings (SSSR count). The number of hydrogen-bond acceptors (Lipinski definition) is 7. The Morgan fingerprint density at radius 1 is 0.784 bits per heavy atom. The maximum Gasteiger partial charge on any atom is 0.0870 e. The molecule has 7 nitrogen and oxygen atoms in total. The van der Waals surface area contributed by atoms with Gasteiger partial charge in [-0.2, -0.15) is 0 Å². The van der Waals surface area contributed by atoms with E-state index >= 15 is 0 Å². The number of piperidine rings is 2. The molecule has 0 aromatic carbocycles. The minimum Gasteiger partial charge on any atom is -0.374 e. The third-order valence-corrected chi connectivity index (χ3v) is 11.5. The van der Waals surface area contributed by atoms with Crippen molar-refractivity contribution in [3.05, 3.63) is 0 Å². The van der Waals surface area contributed by atoms with Crippen LogP contribution in [0.1, 0.15) is 74.1 Å². The van der Waals surface area contributed by atoms with E-state index in [9.17, 15) is 0 Å². The highest BCUT2D eigenvalue weighted by molar-refractivity contribution is 5.10. The van der Waals surface area contributed by atoms with Gasteiger partial charge in [0.2, 0.25) is 0 Å². The van der Waals surface area contributed by atoms with Crippen LogP contribution in [0.15, 0.2) is 0 Å². The van der Waals surface area contributed by atoms with Gasteiger partial charge in [-0.1, -0.05) is 0 Å². The molecule has 0 spiro atoms. The molecule has 6 aliphatic heterocycles. The predicted molar refractivity (Wildman–Crippen MR) is 151 cm³/mol. The Kier molecular flexibility index (Phi) is 7.04. The molecule has 0 aliphatic carbocycles. The van der Waals surface area contributed by atoms with E-state index in [-0.39, 0.29) is 11.1 Å². The largest absolute Gasteiger partial charge is 0.374 e. The summed E-state index contributed by atoms with van der Waals surface area (Å²) in [6.45, 7) is 27.4. The maximum atomic E-state index is 6.30. The molecule has 0 radical (unpaired) electrons. The highest BCUT2D eigenvalue weighted by Crippen LogP contribution is 2.44. The van der Waals surface area contributed by atoms with Crippen molar-refractivity contribution in [2.24, 2.45) is 11.8 Å². The molecule has 0 aromatic heterocycles. The first-order chi connectivity index (χ1) is 17.5. The first kappa shape index (κ1) is 26.9. The van der Waals surface area contributed by atoms with Crippen LogP contribution in [-0.2, 0) is 4.74 Å². The summed E-state index contributed by atoms with van der Waals surface area (Å²) in [5.41, 5.74) is 0.770. The monoisotopic (exact) mass is 516 g/mol. The van der Waals surface area contributed by atoms with Gasteiger partial charge in [0, 0.05) is 73.9 Å². The van der Waals surface area contributed by atoms with Gasteiger partial charge in [-0.3, -0.25) is 19.6 Å². The zero-order chi connectivity index (χ0) is 26.2. The quantitative estimate of drug-likeness (QED) is 0.562. The standard InChI is InChI=1S/C30H56N6O/c1-28(2,3)33-19-25-26(20-33)37-15-14-34(25)27-22-18-36(23(22)9-13-32-27)30(6,7)11-10-29(4,5)35-17-21-8-12-31-16-24(21)35/h21-27,31-32H,8-20H2,1-7H3. The number of hydrogen-bond donors (Lipinski definition) is 2. The number of morpholine rings is 1. The van der Waals surface area contributed by atoms with Crippen molar-refractivity contribution >= 4 is 0 Å². The summed E-state index contributed by atoms with van der Waals surface area (Å²) in [5, 5.41) is 7.63. The Balaban J connectivity index is 1.07. The number of nitrogens with zero attached hydrogens (tertiary/aromatic N) is 4. The smallest absolute Gasteiger partial charge is 0.0870 e. The molecule has 6 heterocycles. The fourth-order valence-corrected chi connectivity index (χ4v) is 8.77. The SMILES string of the molecule is CC(C)(C)N1CC2OCCN(C3NCCC4C3CN4C(C)(C)CCC(C)(C)N3CC4CCNCC43)C2C1. The van der Waals surface area contributed by atoms with Gasteiger partial charge in [0.1, 0.15) is 0 Å². The Labute approximate surface area is 227 Å². The molecule has 6 aliphatic rings. The third-order valence-electron chi connectivity index (χ3n) is 11.5. The molecule has 0 amide bonds. The molecule has 0 saturated carbocycles. The van der Waals surface area contributed by atoms with E-state index in [2.05, 4.69) is 78.7 Å². The summed E-state index contributed by atoms with van der Waals surface area (Å²) in [5.74, 6) is 1.68. The Bertz CT molecular complexity index is 825. The van der Waals surface area contributed by atoms with Crippen LogP contribution in [0.5, 0.6) is 0 Å². The Morgan fingerprint density at radius 2 is 1.51 bits per heavy atom. The number of rotatable bonds is 6. The molecule has 0 bridgehead atoms. The van der Waals surface area contributed by atoms with Crippen LogP contribution in [0.4, 0.5) is 0 Å². The van der Waals surface area contributed by atoms with E-state index in [0.29, 0.717) is 23.9 Å². The van der Waals surface area contributed by atoms with Crippen molar-refractivity contribution in [1.82, 2.24) is 30.2 Å². The number of fused-ring (bicyclic) bond motifs is 3. The molecule has 37 heavy (non-hydrogen) atoms. The Hall–Kier alpha value is -0.280. The second kappa shape index (κ2) is 9.67. The average molecular weight is 517 g/mol. The zero-order valence-electron chi connectivity index (χ0n) is 24.9. The molecule has 6 saturated heterocycles. The highest BCUT2D eigenvalue weighted by Gasteiger charge is 2.55. The fourth-order valence-electron chi connectivity index (χ4n) is 8.77. The summed E-state index contributed by atoms with van der Waals surface area (Å²) in [7, 11) is 0. The van der Waals surface area contributed by atoms with Crippen LogP contribution in [0.2, 0.25) is 0 Å². The molecule has 212 valence electrons. The zero-order valence-corrected chi connectivity index (χ0v) is 24.9. The molecule has 2 N–H and O–H groups in total. The summed E-state index contributed by atoms with van der Waals surface area (Å²) < 4.78 is 6.30. The maximum absolute atomic E-state index is 6.30. The van der Waals surface area contributed by atoms with Gasteiger partial charge in [-0.25, -0.2) is 0 Å². The lowest BCUT2D eigenvalue weighted by molar-refractivity contribution is -0.153. The van der Waals surface area contributed by atoms with E-state index < -0.39 is 0 Å². The van der Waals surface area contributed by atoms with Gasteiger partial charge in [0.25, 0.3) is 0 Å². The van der Waals surface area contributed by atoms with Crippen LogP contribution in [-0.4, -0.2) is 126 Å². The average Bonchev–Trinajstić information content (AvgIpc) is 3.24. The summed E-state index contributed by atoms with van der Waals surface area (Å²) >= 11 is 0. The molecule has 6 fully saturated rings. The van der Waals surface area contributed by atoms with E-state index in [1.54, 1.807) is 0 Å². The predicted octanol–water partition coefficient (Wildman–Crippen LogP) is 2.42. The van der Waals surface area contributed by atoms with E-state index in [1.807, 2.05) is 0 Å². The number of nitrogens with one attached hydrogen (secondary N) is 2. The van der Waals surface area contributed by atoms with Crippen molar-refractivity contribution < 1.29 is 4.74 Å². The van der Waals surface area contributed by atoms with Gasteiger partial charge >= 0.3 is 0 Å². The molecule has 0 aromatic rings. The Morgan fingerprint density at radius 3 is 2.22 bits per heavy atom.